The van der Waals surface area contributed by atoms with Crippen LogP contribution in [0.1, 0.15) is 23.6 Å². The van der Waals surface area contributed by atoms with E-state index in [4.69, 9.17) is 0 Å². The van der Waals surface area contributed by atoms with Crippen molar-refractivity contribution in [2.24, 2.45) is 0 Å². The van der Waals surface area contributed by atoms with Gasteiger partial charge in [-0.25, -0.2) is 0 Å². The van der Waals surface area contributed by atoms with Crippen LogP contribution in [0.5, 0.6) is 0 Å². The molecular weight excluding hydrogens is 254 g/mol. The molecule has 0 bridgehead atoms. The Bertz CT molecular complexity index is 708. The summed E-state index contributed by atoms with van der Waals surface area (Å²) < 4.78 is 0. The lowest BCUT2D eigenvalue weighted by atomic mass is 10.0. The van der Waals surface area contributed by atoms with Gasteiger partial charge >= 0.3 is 0 Å². The van der Waals surface area contributed by atoms with E-state index in [1.165, 1.54) is 27.5 Å². The molecule has 0 amide bonds. The Balaban J connectivity index is 1.66. The Hall–Kier alpha value is -2.12. The Morgan fingerprint density at radius 2 is 1.43 bits per heavy atom. The summed E-state index contributed by atoms with van der Waals surface area (Å²) in [7, 11) is 0. The van der Waals surface area contributed by atoms with Crippen molar-refractivity contribution in [3.8, 4) is 0 Å². The first-order valence-corrected chi connectivity index (χ1v) is 7.73. The molecule has 3 aromatic rings. The van der Waals surface area contributed by atoms with Crippen LogP contribution in [0.25, 0.3) is 10.8 Å². The molecule has 0 fully saturated rings. The van der Waals surface area contributed by atoms with E-state index in [1.54, 1.807) is 0 Å². The molecule has 0 aliphatic rings. The molecule has 0 saturated heterocycles. The van der Waals surface area contributed by atoms with Gasteiger partial charge in [0.2, 0.25) is 0 Å². The SMILES string of the molecule is CCc1ccc(C[NH2+]Cc2cccc3ccccc23)cc1. The van der Waals surface area contributed by atoms with Crippen LogP contribution in [-0.2, 0) is 19.5 Å². The van der Waals surface area contributed by atoms with Crippen LogP contribution in [-0.4, -0.2) is 0 Å². The minimum Gasteiger partial charge on any atom is -0.339 e. The highest BCUT2D eigenvalue weighted by atomic mass is 14.8. The maximum atomic E-state index is 2.38. The van der Waals surface area contributed by atoms with Gasteiger partial charge in [0.25, 0.3) is 0 Å². The number of nitrogens with two attached hydrogens (primary N) is 1. The van der Waals surface area contributed by atoms with Crippen LogP contribution in [0.4, 0.5) is 0 Å². The Morgan fingerprint density at radius 3 is 2.24 bits per heavy atom. The first kappa shape index (κ1) is 13.8. The number of hydrogen-bond donors (Lipinski definition) is 1. The Kier molecular flexibility index (Phi) is 4.32. The van der Waals surface area contributed by atoms with Crippen molar-refractivity contribution in [3.05, 3.63) is 83.4 Å². The molecule has 21 heavy (non-hydrogen) atoms. The summed E-state index contributed by atoms with van der Waals surface area (Å²) in [5.41, 5.74) is 4.22. The van der Waals surface area contributed by atoms with Crippen LogP contribution in [0.2, 0.25) is 0 Å². The van der Waals surface area contributed by atoms with Crippen molar-refractivity contribution in [2.75, 3.05) is 0 Å². The highest BCUT2D eigenvalue weighted by molar-refractivity contribution is 5.85. The van der Waals surface area contributed by atoms with Gasteiger partial charge in [-0.2, -0.15) is 0 Å². The zero-order chi connectivity index (χ0) is 14.5. The van der Waals surface area contributed by atoms with Gasteiger partial charge in [0.15, 0.2) is 0 Å². The predicted octanol–water partition coefficient (Wildman–Crippen LogP) is 3.67. The molecule has 3 rings (SSSR count). The molecule has 1 nitrogen and oxygen atoms in total. The lowest BCUT2D eigenvalue weighted by Gasteiger charge is -2.06. The van der Waals surface area contributed by atoms with E-state index < -0.39 is 0 Å². The normalized spacial score (nSPS) is 10.9. The van der Waals surface area contributed by atoms with Crippen LogP contribution >= 0.6 is 0 Å². The molecule has 1 heteroatoms. The number of rotatable bonds is 5. The second-order valence-electron chi connectivity index (χ2n) is 5.51. The molecule has 0 saturated carbocycles. The van der Waals surface area contributed by atoms with E-state index in [2.05, 4.69) is 79.0 Å². The van der Waals surface area contributed by atoms with Crippen molar-refractivity contribution in [2.45, 2.75) is 26.4 Å². The topological polar surface area (TPSA) is 16.6 Å². The predicted molar refractivity (Wildman–Crippen MR) is 89.1 cm³/mol. The van der Waals surface area contributed by atoms with Gasteiger partial charge < -0.3 is 5.32 Å². The fourth-order valence-electron chi connectivity index (χ4n) is 2.78. The molecule has 0 aliphatic carbocycles. The highest BCUT2D eigenvalue weighted by Crippen LogP contribution is 2.17. The summed E-state index contributed by atoms with van der Waals surface area (Å²) in [6.45, 7) is 4.26. The number of quaternary nitrogens is 1. The zero-order valence-electron chi connectivity index (χ0n) is 12.5. The minimum atomic E-state index is 1.02. The van der Waals surface area contributed by atoms with Gasteiger partial charge in [-0.05, 0) is 22.8 Å². The van der Waals surface area contributed by atoms with Crippen LogP contribution < -0.4 is 5.32 Å². The maximum absolute atomic E-state index is 2.38. The molecule has 0 atom stereocenters. The molecule has 0 aliphatic heterocycles. The Morgan fingerprint density at radius 1 is 0.714 bits per heavy atom. The van der Waals surface area contributed by atoms with E-state index >= 15 is 0 Å². The van der Waals surface area contributed by atoms with Crippen molar-refractivity contribution in [1.82, 2.24) is 0 Å². The monoisotopic (exact) mass is 276 g/mol. The Labute approximate surface area is 126 Å². The molecule has 0 radical (unpaired) electrons. The summed E-state index contributed by atoms with van der Waals surface area (Å²) in [6, 6.07) is 24.2. The summed E-state index contributed by atoms with van der Waals surface area (Å²) >= 11 is 0. The third-order valence-electron chi connectivity index (χ3n) is 4.06. The third kappa shape index (κ3) is 3.32. The number of aryl methyl sites for hydroxylation is 1. The zero-order valence-corrected chi connectivity index (χ0v) is 12.5. The standard InChI is InChI=1S/C20H21N/c1-2-16-10-12-17(13-11-16)14-21-15-19-8-5-7-18-6-3-4-9-20(18)19/h3-13,21H,2,14-15H2,1H3/p+1. The summed E-state index contributed by atoms with van der Waals surface area (Å²) in [5, 5.41) is 5.08. The van der Waals surface area contributed by atoms with E-state index in [9.17, 15) is 0 Å². The second-order valence-corrected chi connectivity index (χ2v) is 5.51. The maximum Gasteiger partial charge on any atom is 0.102 e. The summed E-state index contributed by atoms with van der Waals surface area (Å²) in [5.74, 6) is 0. The fourth-order valence-corrected chi connectivity index (χ4v) is 2.78. The molecule has 106 valence electrons. The third-order valence-corrected chi connectivity index (χ3v) is 4.06. The number of benzene rings is 3. The number of fused-ring (bicyclic) bond motifs is 1. The minimum absolute atomic E-state index is 1.02. The van der Waals surface area contributed by atoms with Gasteiger partial charge in [-0.15, -0.1) is 0 Å². The fraction of sp³-hybridized carbons (Fsp3) is 0.200. The molecule has 0 unspecified atom stereocenters. The van der Waals surface area contributed by atoms with Crippen molar-refractivity contribution in [1.29, 1.82) is 0 Å². The smallest absolute Gasteiger partial charge is 0.102 e. The van der Waals surface area contributed by atoms with E-state index in [0.29, 0.717) is 0 Å². The van der Waals surface area contributed by atoms with E-state index in [1.807, 2.05) is 0 Å². The van der Waals surface area contributed by atoms with E-state index in [-0.39, 0.29) is 0 Å². The van der Waals surface area contributed by atoms with Crippen molar-refractivity contribution >= 4 is 10.8 Å². The molecule has 0 heterocycles. The molecule has 0 aromatic heterocycles. The average molecular weight is 276 g/mol. The highest BCUT2D eigenvalue weighted by Gasteiger charge is 2.02. The lowest BCUT2D eigenvalue weighted by molar-refractivity contribution is -0.686. The van der Waals surface area contributed by atoms with Crippen LogP contribution in [0.3, 0.4) is 0 Å². The quantitative estimate of drug-likeness (QED) is 0.732. The van der Waals surface area contributed by atoms with Gasteiger partial charge in [0.05, 0.1) is 0 Å². The van der Waals surface area contributed by atoms with Crippen LogP contribution in [0, 0.1) is 0 Å². The molecule has 2 N–H and O–H groups in total. The van der Waals surface area contributed by atoms with Gasteiger partial charge in [0.1, 0.15) is 13.1 Å². The average Bonchev–Trinajstić information content (AvgIpc) is 2.56. The van der Waals surface area contributed by atoms with Crippen molar-refractivity contribution < 1.29 is 5.32 Å². The summed E-state index contributed by atoms with van der Waals surface area (Å²) in [4.78, 5) is 0. The van der Waals surface area contributed by atoms with Crippen LogP contribution in [0.15, 0.2) is 66.7 Å². The largest absolute Gasteiger partial charge is 0.339 e. The van der Waals surface area contributed by atoms with Gasteiger partial charge in [-0.3, -0.25) is 0 Å². The first-order chi connectivity index (χ1) is 10.4. The molecular formula is C20H22N+. The molecule has 0 spiro atoms. The van der Waals surface area contributed by atoms with Crippen molar-refractivity contribution in [3.63, 3.8) is 0 Å². The summed E-state index contributed by atoms with van der Waals surface area (Å²) in [6.07, 6.45) is 1.11. The molecule has 3 aromatic carbocycles. The lowest BCUT2D eigenvalue weighted by Crippen LogP contribution is -2.80. The second kappa shape index (κ2) is 6.55. The van der Waals surface area contributed by atoms with Gasteiger partial charge in [0, 0.05) is 11.1 Å². The first-order valence-electron chi connectivity index (χ1n) is 7.73. The van der Waals surface area contributed by atoms with E-state index in [0.717, 1.165) is 19.5 Å². The van der Waals surface area contributed by atoms with Gasteiger partial charge in [-0.1, -0.05) is 73.7 Å². The number of hydrogen-bond acceptors (Lipinski definition) is 0.